The maximum Gasteiger partial charge on any atom is 0.270 e. The zero-order valence-electron chi connectivity index (χ0n) is 15.2. The Morgan fingerprint density at radius 3 is 2.25 bits per heavy atom. The van der Waals surface area contributed by atoms with Crippen LogP contribution in [-0.4, -0.2) is 10.8 Å². The van der Waals surface area contributed by atoms with Crippen molar-refractivity contribution < 1.29 is 18.1 Å². The van der Waals surface area contributed by atoms with Crippen molar-refractivity contribution in [3.63, 3.8) is 0 Å². The van der Waals surface area contributed by atoms with Gasteiger partial charge in [0.1, 0.15) is 11.6 Å². The summed E-state index contributed by atoms with van der Waals surface area (Å²) in [5.41, 5.74) is 2.18. The smallest absolute Gasteiger partial charge is 0.270 e. The van der Waals surface area contributed by atoms with E-state index >= 15 is 0 Å². The Balaban J connectivity index is 1.86. The lowest BCUT2D eigenvalue weighted by molar-refractivity contribution is -0.692. The second-order valence-corrected chi connectivity index (χ2v) is 6.89. The zero-order valence-corrected chi connectivity index (χ0v) is 16.0. The van der Waals surface area contributed by atoms with Crippen LogP contribution in [0.25, 0.3) is 0 Å². The van der Waals surface area contributed by atoms with E-state index in [2.05, 4.69) is 5.32 Å². The van der Waals surface area contributed by atoms with Crippen molar-refractivity contribution >= 4 is 23.0 Å². The predicted molar refractivity (Wildman–Crippen MR) is 107 cm³/mol. The fraction of sp³-hybridized carbons (Fsp3) is 0.136. The van der Waals surface area contributed by atoms with Crippen molar-refractivity contribution in [3.05, 3.63) is 101 Å². The average molecular weight is 397 g/mol. The van der Waals surface area contributed by atoms with E-state index in [1.165, 1.54) is 36.4 Å². The molecule has 1 heterocycles. The Hall–Kier alpha value is -2.99. The number of rotatable bonds is 6. The third-order valence-corrected chi connectivity index (χ3v) is 4.64. The molecule has 0 unspecified atom stereocenters. The number of ketones is 1. The fourth-order valence-electron chi connectivity index (χ4n) is 2.83. The number of carbonyl (C=O) groups is 1. The summed E-state index contributed by atoms with van der Waals surface area (Å²) in [6, 6.07) is 14.4. The molecule has 3 aromatic rings. The summed E-state index contributed by atoms with van der Waals surface area (Å²) in [4.78, 5) is 13.5. The summed E-state index contributed by atoms with van der Waals surface area (Å²) in [6.45, 7) is 2.28. The topological polar surface area (TPSA) is 33.0 Å². The van der Waals surface area contributed by atoms with E-state index in [1.54, 1.807) is 22.9 Å². The normalized spacial score (nSPS) is 11.7. The van der Waals surface area contributed by atoms with Crippen LogP contribution in [0.1, 0.15) is 27.5 Å². The molecule has 1 aromatic heterocycles. The van der Waals surface area contributed by atoms with Gasteiger partial charge in [0.05, 0.1) is 0 Å². The van der Waals surface area contributed by atoms with Crippen molar-refractivity contribution in [2.75, 3.05) is 0 Å². The van der Waals surface area contributed by atoms with Crippen LogP contribution < -0.4 is 9.88 Å². The molecule has 0 aliphatic carbocycles. The molecular weight excluding hydrogens is 378 g/mol. The second kappa shape index (κ2) is 8.80. The number of halogens is 2. The molecular formula is C22H19F2N2OS+. The van der Waals surface area contributed by atoms with E-state index in [4.69, 9.17) is 12.2 Å². The van der Waals surface area contributed by atoms with Gasteiger partial charge in [0.2, 0.25) is 5.78 Å². The summed E-state index contributed by atoms with van der Waals surface area (Å²) in [5.74, 6) is -0.966. The number of benzene rings is 2. The molecule has 142 valence electrons. The molecule has 0 aliphatic rings. The molecule has 1 N–H and O–H groups in total. The van der Waals surface area contributed by atoms with Crippen molar-refractivity contribution in [3.8, 4) is 0 Å². The lowest BCUT2D eigenvalue weighted by Crippen LogP contribution is -2.51. The number of Topliss-reactive ketones (excluding diaryl/α,β-unsaturated/α-hetero) is 1. The van der Waals surface area contributed by atoms with Gasteiger partial charge in [-0.15, -0.1) is 0 Å². The molecule has 0 bridgehead atoms. The van der Waals surface area contributed by atoms with Crippen LogP contribution >= 0.6 is 12.2 Å². The SMILES string of the molecule is Cc1ccc[n+]([C@H](C(=O)c2ccc(F)cc2)C(=S)NCc2ccc(F)cc2)c1. The molecule has 3 rings (SSSR count). The van der Waals surface area contributed by atoms with Gasteiger partial charge in [-0.25, -0.2) is 8.78 Å². The number of hydrogen-bond donors (Lipinski definition) is 1. The molecule has 0 radical (unpaired) electrons. The highest BCUT2D eigenvalue weighted by molar-refractivity contribution is 7.80. The van der Waals surface area contributed by atoms with Gasteiger partial charge in [-0.05, 0) is 55.0 Å². The Morgan fingerprint density at radius 2 is 1.64 bits per heavy atom. The molecule has 0 fully saturated rings. The Kier molecular flexibility index (Phi) is 6.21. The Morgan fingerprint density at radius 1 is 1.04 bits per heavy atom. The first kappa shape index (κ1) is 19.8. The number of aromatic nitrogens is 1. The summed E-state index contributed by atoms with van der Waals surface area (Å²) < 4.78 is 28.1. The predicted octanol–water partition coefficient (Wildman–Crippen LogP) is 4.10. The van der Waals surface area contributed by atoms with E-state index < -0.39 is 11.9 Å². The molecule has 0 saturated heterocycles. The number of thiocarbonyl (C=S) groups is 1. The number of pyridine rings is 1. The highest BCUT2D eigenvalue weighted by atomic mass is 32.1. The summed E-state index contributed by atoms with van der Waals surface area (Å²) >= 11 is 5.53. The molecule has 28 heavy (non-hydrogen) atoms. The van der Waals surface area contributed by atoms with Crippen LogP contribution in [0.5, 0.6) is 0 Å². The molecule has 0 aliphatic heterocycles. The first-order valence-electron chi connectivity index (χ1n) is 8.73. The largest absolute Gasteiger partial charge is 0.370 e. The Bertz CT molecular complexity index is 988. The number of nitrogens with one attached hydrogen (secondary N) is 1. The van der Waals surface area contributed by atoms with Gasteiger partial charge < -0.3 is 5.32 Å². The van der Waals surface area contributed by atoms with Crippen LogP contribution in [0, 0.1) is 18.6 Å². The van der Waals surface area contributed by atoms with Gasteiger partial charge in [-0.3, -0.25) is 4.79 Å². The highest BCUT2D eigenvalue weighted by Crippen LogP contribution is 2.13. The standard InChI is InChI=1S/C22H18F2N2OS/c1-15-3-2-12-26(14-15)20(21(27)17-6-10-19(24)11-7-17)22(28)25-13-16-4-8-18(23)9-5-16/h2-12,14,20H,13H2,1H3/p+1/t20-/m1/s1. The van der Waals surface area contributed by atoms with Crippen LogP contribution in [0.3, 0.4) is 0 Å². The van der Waals surface area contributed by atoms with Crippen LogP contribution in [-0.2, 0) is 6.54 Å². The first-order valence-corrected chi connectivity index (χ1v) is 9.14. The summed E-state index contributed by atoms with van der Waals surface area (Å²) in [7, 11) is 0. The van der Waals surface area contributed by atoms with Gasteiger partial charge in [0.25, 0.3) is 6.04 Å². The average Bonchev–Trinajstić information content (AvgIpc) is 2.68. The maximum absolute atomic E-state index is 13.2. The molecule has 0 saturated carbocycles. The fourth-order valence-corrected chi connectivity index (χ4v) is 3.13. The molecule has 2 aromatic carbocycles. The monoisotopic (exact) mass is 397 g/mol. The molecule has 3 nitrogen and oxygen atoms in total. The van der Waals surface area contributed by atoms with Gasteiger partial charge >= 0.3 is 0 Å². The van der Waals surface area contributed by atoms with E-state index in [-0.39, 0.29) is 11.6 Å². The quantitative estimate of drug-likeness (QED) is 0.386. The van der Waals surface area contributed by atoms with Crippen LogP contribution in [0.15, 0.2) is 73.1 Å². The van der Waals surface area contributed by atoms with Crippen LogP contribution in [0.4, 0.5) is 8.78 Å². The number of hydrogen-bond acceptors (Lipinski definition) is 2. The van der Waals surface area contributed by atoms with Crippen LogP contribution in [0.2, 0.25) is 0 Å². The Labute approximate surface area is 167 Å². The maximum atomic E-state index is 13.2. The molecule has 1 atom stereocenters. The van der Waals surface area contributed by atoms with Gasteiger partial charge in [-0.2, -0.15) is 4.57 Å². The lowest BCUT2D eigenvalue weighted by Gasteiger charge is -2.15. The van der Waals surface area contributed by atoms with E-state index in [0.717, 1.165) is 11.1 Å². The minimum atomic E-state index is -0.777. The zero-order chi connectivity index (χ0) is 20.1. The van der Waals surface area contributed by atoms with Crippen molar-refractivity contribution in [1.29, 1.82) is 0 Å². The number of aryl methyl sites for hydroxylation is 1. The van der Waals surface area contributed by atoms with Crippen molar-refractivity contribution in [2.45, 2.75) is 19.5 Å². The van der Waals surface area contributed by atoms with Crippen molar-refractivity contribution in [1.82, 2.24) is 5.32 Å². The van der Waals surface area contributed by atoms with Crippen molar-refractivity contribution in [2.24, 2.45) is 0 Å². The molecule has 6 heteroatoms. The second-order valence-electron chi connectivity index (χ2n) is 6.45. The summed E-state index contributed by atoms with van der Waals surface area (Å²) in [5, 5.41) is 3.09. The van der Waals surface area contributed by atoms with E-state index in [0.29, 0.717) is 17.1 Å². The summed E-state index contributed by atoms with van der Waals surface area (Å²) in [6.07, 6.45) is 3.60. The van der Waals surface area contributed by atoms with E-state index in [1.807, 2.05) is 25.3 Å². The highest BCUT2D eigenvalue weighted by Gasteiger charge is 2.33. The number of carbonyl (C=O) groups excluding carboxylic acids is 1. The van der Waals surface area contributed by atoms with Gasteiger partial charge in [-0.1, -0.05) is 24.4 Å². The minimum absolute atomic E-state index is 0.243. The van der Waals surface area contributed by atoms with E-state index in [9.17, 15) is 13.6 Å². The third-order valence-electron chi connectivity index (χ3n) is 4.27. The molecule has 0 amide bonds. The van der Waals surface area contributed by atoms with Gasteiger partial charge in [0, 0.05) is 23.7 Å². The minimum Gasteiger partial charge on any atom is -0.370 e. The lowest BCUT2D eigenvalue weighted by atomic mass is 10.0. The van der Waals surface area contributed by atoms with Gasteiger partial charge in [0.15, 0.2) is 17.4 Å². The number of nitrogens with zero attached hydrogens (tertiary/aromatic N) is 1. The molecule has 0 spiro atoms. The first-order chi connectivity index (χ1) is 13.4. The third kappa shape index (κ3) is 4.84.